The minimum Gasteiger partial charge on any atom is -0.505 e. The Kier molecular flexibility index (Phi) is 4.22. The van der Waals surface area contributed by atoms with E-state index < -0.39 is 23.4 Å². The van der Waals surface area contributed by atoms with Crippen LogP contribution in [0.5, 0.6) is 5.75 Å². The standard InChI is InChI=1S/C18H13ClFNO4/c1-9-12(7-17(23)24)13-6-16(22)14(20)8-15(13)21(9)18(25)10-3-2-4-11(19)5-10/h2-6,8,22H,7H2,1H3,(H,23,24). The van der Waals surface area contributed by atoms with Gasteiger partial charge in [-0.15, -0.1) is 0 Å². The predicted molar refractivity (Wildman–Crippen MR) is 90.8 cm³/mol. The lowest BCUT2D eigenvalue weighted by Crippen LogP contribution is -2.14. The first-order valence-electron chi connectivity index (χ1n) is 7.34. The van der Waals surface area contributed by atoms with Crippen LogP contribution < -0.4 is 0 Å². The number of aromatic nitrogens is 1. The molecule has 0 saturated heterocycles. The molecule has 1 heterocycles. The lowest BCUT2D eigenvalue weighted by Gasteiger charge is -2.08. The van der Waals surface area contributed by atoms with E-state index in [0.717, 1.165) is 12.1 Å². The summed E-state index contributed by atoms with van der Waals surface area (Å²) >= 11 is 5.92. The van der Waals surface area contributed by atoms with E-state index in [-0.39, 0.29) is 17.5 Å². The third kappa shape index (κ3) is 2.96. The summed E-state index contributed by atoms with van der Waals surface area (Å²) in [6.45, 7) is 1.58. The minimum atomic E-state index is -1.10. The molecule has 0 aliphatic carbocycles. The number of fused-ring (bicyclic) bond motifs is 1. The lowest BCUT2D eigenvalue weighted by atomic mass is 10.1. The molecule has 0 radical (unpaired) electrons. The highest BCUT2D eigenvalue weighted by Crippen LogP contribution is 2.32. The number of aliphatic carboxylic acids is 1. The fraction of sp³-hybridized carbons (Fsp3) is 0.111. The summed E-state index contributed by atoms with van der Waals surface area (Å²) in [5.74, 6) is -3.06. The van der Waals surface area contributed by atoms with Gasteiger partial charge in [0.05, 0.1) is 11.9 Å². The topological polar surface area (TPSA) is 79.5 Å². The van der Waals surface area contributed by atoms with E-state index in [4.69, 9.17) is 16.7 Å². The van der Waals surface area contributed by atoms with Crippen LogP contribution in [0.15, 0.2) is 36.4 Å². The maximum Gasteiger partial charge on any atom is 0.307 e. The summed E-state index contributed by atoms with van der Waals surface area (Å²) in [5, 5.41) is 19.4. The van der Waals surface area contributed by atoms with Crippen molar-refractivity contribution in [2.75, 3.05) is 0 Å². The van der Waals surface area contributed by atoms with Crippen molar-refractivity contribution in [3.63, 3.8) is 0 Å². The lowest BCUT2D eigenvalue weighted by molar-refractivity contribution is -0.136. The third-order valence-electron chi connectivity index (χ3n) is 4.01. The maximum atomic E-state index is 13.9. The average molecular weight is 362 g/mol. The summed E-state index contributed by atoms with van der Waals surface area (Å²) in [6.07, 6.45) is -0.358. The Morgan fingerprint density at radius 2 is 1.96 bits per heavy atom. The van der Waals surface area contributed by atoms with Crippen LogP contribution in [-0.2, 0) is 11.2 Å². The van der Waals surface area contributed by atoms with Crippen LogP contribution in [0.2, 0.25) is 5.02 Å². The number of phenols is 1. The van der Waals surface area contributed by atoms with E-state index in [9.17, 15) is 19.1 Å². The second-order valence-electron chi connectivity index (χ2n) is 5.61. The summed E-state index contributed by atoms with van der Waals surface area (Å²) in [7, 11) is 0. The zero-order valence-electron chi connectivity index (χ0n) is 13.1. The van der Waals surface area contributed by atoms with Gasteiger partial charge in [-0.25, -0.2) is 4.39 Å². The number of carboxylic acids is 1. The Morgan fingerprint density at radius 3 is 2.60 bits per heavy atom. The Balaban J connectivity index is 2.30. The van der Waals surface area contributed by atoms with Crippen LogP contribution in [0.1, 0.15) is 21.6 Å². The maximum absolute atomic E-state index is 13.9. The first kappa shape index (κ1) is 17.0. The first-order valence-corrected chi connectivity index (χ1v) is 7.72. The number of carbonyl (C=O) groups is 2. The Labute approximate surface area is 146 Å². The van der Waals surface area contributed by atoms with Gasteiger partial charge in [0.1, 0.15) is 0 Å². The molecule has 0 atom stereocenters. The smallest absolute Gasteiger partial charge is 0.307 e. The summed E-state index contributed by atoms with van der Waals surface area (Å²) in [6, 6.07) is 8.42. The van der Waals surface area contributed by atoms with Gasteiger partial charge in [-0.05, 0) is 36.8 Å². The second kappa shape index (κ2) is 6.22. The molecular weight excluding hydrogens is 349 g/mol. The number of hydrogen-bond acceptors (Lipinski definition) is 3. The van der Waals surface area contributed by atoms with E-state index in [1.807, 2.05) is 0 Å². The van der Waals surface area contributed by atoms with E-state index in [1.54, 1.807) is 25.1 Å². The molecule has 25 heavy (non-hydrogen) atoms. The van der Waals surface area contributed by atoms with Gasteiger partial charge in [0, 0.05) is 27.7 Å². The highest BCUT2D eigenvalue weighted by molar-refractivity contribution is 6.31. The number of rotatable bonds is 3. The van der Waals surface area contributed by atoms with Crippen molar-refractivity contribution in [1.29, 1.82) is 0 Å². The van der Waals surface area contributed by atoms with Crippen molar-refractivity contribution in [3.8, 4) is 5.75 Å². The van der Waals surface area contributed by atoms with E-state index in [0.29, 0.717) is 21.7 Å². The number of aromatic hydroxyl groups is 1. The van der Waals surface area contributed by atoms with Crippen molar-refractivity contribution in [1.82, 2.24) is 4.57 Å². The number of halogens is 2. The number of carbonyl (C=O) groups excluding carboxylic acids is 1. The molecule has 3 rings (SSSR count). The highest BCUT2D eigenvalue weighted by Gasteiger charge is 2.23. The molecule has 2 N–H and O–H groups in total. The molecule has 0 amide bonds. The molecule has 0 fully saturated rings. The molecule has 128 valence electrons. The molecular formula is C18H13ClFNO4. The molecule has 0 aliphatic rings. The molecule has 1 aromatic heterocycles. The number of benzene rings is 2. The Bertz CT molecular complexity index is 1030. The molecule has 0 aliphatic heterocycles. The van der Waals surface area contributed by atoms with Crippen LogP contribution >= 0.6 is 11.6 Å². The zero-order valence-corrected chi connectivity index (χ0v) is 13.8. The molecule has 0 unspecified atom stereocenters. The van der Waals surface area contributed by atoms with Gasteiger partial charge in [-0.3, -0.25) is 14.2 Å². The Hall–Kier alpha value is -2.86. The summed E-state index contributed by atoms with van der Waals surface area (Å²) < 4.78 is 15.1. The van der Waals surface area contributed by atoms with Gasteiger partial charge in [0.15, 0.2) is 11.6 Å². The average Bonchev–Trinajstić information content (AvgIpc) is 2.79. The second-order valence-corrected chi connectivity index (χ2v) is 6.04. The quantitative estimate of drug-likeness (QED) is 0.744. The molecule has 0 saturated carbocycles. The van der Waals surface area contributed by atoms with Gasteiger partial charge in [0.25, 0.3) is 5.91 Å². The first-order chi connectivity index (χ1) is 11.8. The Morgan fingerprint density at radius 1 is 1.24 bits per heavy atom. The largest absolute Gasteiger partial charge is 0.505 e. The zero-order chi connectivity index (χ0) is 18.3. The fourth-order valence-electron chi connectivity index (χ4n) is 2.88. The monoisotopic (exact) mass is 361 g/mol. The van der Waals surface area contributed by atoms with Crippen molar-refractivity contribution in [2.45, 2.75) is 13.3 Å². The molecule has 3 aromatic rings. The minimum absolute atomic E-state index is 0.189. The van der Waals surface area contributed by atoms with Gasteiger partial charge < -0.3 is 10.2 Å². The van der Waals surface area contributed by atoms with Gasteiger partial charge in [-0.1, -0.05) is 17.7 Å². The van der Waals surface area contributed by atoms with E-state index in [2.05, 4.69) is 0 Å². The van der Waals surface area contributed by atoms with Crippen molar-refractivity contribution >= 4 is 34.4 Å². The molecule has 0 bridgehead atoms. The van der Waals surface area contributed by atoms with Gasteiger partial charge in [-0.2, -0.15) is 0 Å². The summed E-state index contributed by atoms with van der Waals surface area (Å²) in [4.78, 5) is 24.1. The van der Waals surface area contributed by atoms with Crippen molar-refractivity contribution in [3.05, 3.63) is 64.1 Å². The molecule has 7 heteroatoms. The van der Waals surface area contributed by atoms with Crippen molar-refractivity contribution in [2.24, 2.45) is 0 Å². The van der Waals surface area contributed by atoms with Crippen molar-refractivity contribution < 1.29 is 24.2 Å². The number of phenolic OH excluding ortho intramolecular Hbond substituents is 1. The van der Waals surface area contributed by atoms with Crippen LogP contribution in [0.25, 0.3) is 10.9 Å². The number of nitrogens with zero attached hydrogens (tertiary/aromatic N) is 1. The van der Waals surface area contributed by atoms with Crippen LogP contribution in [0, 0.1) is 12.7 Å². The molecule has 2 aromatic carbocycles. The number of carboxylic acid groups (broad SMARTS) is 1. The summed E-state index contributed by atoms with van der Waals surface area (Å²) in [5.41, 5.74) is 1.18. The SMILES string of the molecule is Cc1c(CC(=O)O)c2cc(O)c(F)cc2n1C(=O)c1cccc(Cl)c1. The van der Waals surface area contributed by atoms with Gasteiger partial charge in [0.2, 0.25) is 0 Å². The van der Waals surface area contributed by atoms with Crippen LogP contribution in [0.4, 0.5) is 4.39 Å². The number of hydrogen-bond donors (Lipinski definition) is 2. The van der Waals surface area contributed by atoms with Crippen LogP contribution in [0.3, 0.4) is 0 Å². The highest BCUT2D eigenvalue weighted by atomic mass is 35.5. The molecule has 0 spiro atoms. The fourth-order valence-corrected chi connectivity index (χ4v) is 3.07. The van der Waals surface area contributed by atoms with E-state index in [1.165, 1.54) is 10.6 Å². The van der Waals surface area contributed by atoms with Crippen LogP contribution in [-0.4, -0.2) is 26.7 Å². The molecule has 5 nitrogen and oxygen atoms in total. The van der Waals surface area contributed by atoms with Gasteiger partial charge >= 0.3 is 5.97 Å². The predicted octanol–water partition coefficient (Wildman–Crippen LogP) is 3.76. The normalized spacial score (nSPS) is 11.0. The third-order valence-corrected chi connectivity index (χ3v) is 4.24. The van der Waals surface area contributed by atoms with E-state index >= 15 is 0 Å².